The molecule has 0 bridgehead atoms. The highest BCUT2D eigenvalue weighted by Crippen LogP contribution is 2.16. The number of carbonyl (C=O) groups excluding carboxylic acids is 2. The Morgan fingerprint density at radius 2 is 1.78 bits per heavy atom. The molecule has 0 aromatic heterocycles. The summed E-state index contributed by atoms with van der Waals surface area (Å²) in [6, 6.07) is -0.190. The SMILES string of the molecule is CC(=O)N1CCCN(C(=O)C2COCC2N)CC1. The summed E-state index contributed by atoms with van der Waals surface area (Å²) in [5, 5.41) is 0. The number of hydrogen-bond acceptors (Lipinski definition) is 4. The molecule has 0 aromatic rings. The van der Waals surface area contributed by atoms with Gasteiger partial charge in [0.15, 0.2) is 0 Å². The van der Waals surface area contributed by atoms with E-state index < -0.39 is 0 Å². The maximum atomic E-state index is 12.3. The Morgan fingerprint density at radius 1 is 1.11 bits per heavy atom. The van der Waals surface area contributed by atoms with Crippen molar-refractivity contribution in [1.29, 1.82) is 0 Å². The van der Waals surface area contributed by atoms with Crippen molar-refractivity contribution in [3.63, 3.8) is 0 Å². The third-order valence-electron chi connectivity index (χ3n) is 3.69. The molecule has 2 N–H and O–H groups in total. The molecular formula is C12H21N3O3. The van der Waals surface area contributed by atoms with E-state index >= 15 is 0 Å². The van der Waals surface area contributed by atoms with Gasteiger partial charge in [-0.05, 0) is 6.42 Å². The van der Waals surface area contributed by atoms with Crippen LogP contribution in [0.1, 0.15) is 13.3 Å². The first kappa shape index (κ1) is 13.3. The molecule has 2 unspecified atom stereocenters. The molecule has 0 saturated carbocycles. The fourth-order valence-electron chi connectivity index (χ4n) is 2.51. The number of carbonyl (C=O) groups is 2. The van der Waals surface area contributed by atoms with E-state index in [1.54, 1.807) is 11.8 Å². The average molecular weight is 255 g/mol. The van der Waals surface area contributed by atoms with Crippen molar-refractivity contribution in [2.75, 3.05) is 39.4 Å². The molecule has 0 radical (unpaired) electrons. The zero-order chi connectivity index (χ0) is 13.1. The van der Waals surface area contributed by atoms with E-state index in [1.807, 2.05) is 4.90 Å². The van der Waals surface area contributed by atoms with Gasteiger partial charge >= 0.3 is 0 Å². The Labute approximate surface area is 107 Å². The van der Waals surface area contributed by atoms with Crippen LogP contribution in [0.2, 0.25) is 0 Å². The van der Waals surface area contributed by atoms with Gasteiger partial charge in [-0.25, -0.2) is 0 Å². The van der Waals surface area contributed by atoms with Crippen molar-refractivity contribution >= 4 is 11.8 Å². The maximum absolute atomic E-state index is 12.3. The molecule has 18 heavy (non-hydrogen) atoms. The summed E-state index contributed by atoms with van der Waals surface area (Å²) in [4.78, 5) is 27.2. The monoisotopic (exact) mass is 255 g/mol. The minimum Gasteiger partial charge on any atom is -0.379 e. The Hall–Kier alpha value is -1.14. The van der Waals surface area contributed by atoms with E-state index in [0.29, 0.717) is 32.8 Å². The second-order valence-electron chi connectivity index (χ2n) is 4.99. The molecule has 2 aliphatic heterocycles. The van der Waals surface area contributed by atoms with Crippen molar-refractivity contribution in [3.8, 4) is 0 Å². The van der Waals surface area contributed by atoms with Crippen molar-refractivity contribution in [2.24, 2.45) is 11.7 Å². The fraction of sp³-hybridized carbons (Fsp3) is 0.833. The number of rotatable bonds is 1. The largest absolute Gasteiger partial charge is 0.379 e. The van der Waals surface area contributed by atoms with Gasteiger partial charge < -0.3 is 20.3 Å². The van der Waals surface area contributed by atoms with E-state index in [0.717, 1.165) is 13.0 Å². The lowest BCUT2D eigenvalue weighted by molar-refractivity contribution is -0.136. The van der Waals surface area contributed by atoms with Crippen LogP contribution in [-0.2, 0) is 14.3 Å². The molecule has 2 heterocycles. The fourth-order valence-corrected chi connectivity index (χ4v) is 2.51. The van der Waals surface area contributed by atoms with Gasteiger partial charge in [0.2, 0.25) is 11.8 Å². The Balaban J connectivity index is 1.93. The van der Waals surface area contributed by atoms with Crippen LogP contribution >= 0.6 is 0 Å². The smallest absolute Gasteiger partial charge is 0.229 e. The summed E-state index contributed by atoms with van der Waals surface area (Å²) < 4.78 is 5.23. The standard InChI is InChI=1S/C12H21N3O3/c1-9(16)14-3-2-4-15(6-5-14)12(17)10-7-18-8-11(10)13/h10-11H,2-8,13H2,1H3. The van der Waals surface area contributed by atoms with Crippen LogP contribution in [0.15, 0.2) is 0 Å². The zero-order valence-corrected chi connectivity index (χ0v) is 10.8. The summed E-state index contributed by atoms with van der Waals surface area (Å²) in [5.41, 5.74) is 5.86. The van der Waals surface area contributed by atoms with Gasteiger partial charge in [0.1, 0.15) is 0 Å². The van der Waals surface area contributed by atoms with E-state index in [2.05, 4.69) is 0 Å². The molecule has 102 valence electrons. The lowest BCUT2D eigenvalue weighted by atomic mass is 10.0. The van der Waals surface area contributed by atoms with Gasteiger partial charge in [-0.2, -0.15) is 0 Å². The normalized spacial score (nSPS) is 29.2. The summed E-state index contributed by atoms with van der Waals surface area (Å²) in [6.45, 7) is 5.10. The predicted octanol–water partition coefficient (Wildman–Crippen LogP) is -0.959. The second-order valence-corrected chi connectivity index (χ2v) is 4.99. The summed E-state index contributed by atoms with van der Waals surface area (Å²) in [6.07, 6.45) is 0.828. The minimum absolute atomic E-state index is 0.0743. The Bertz CT molecular complexity index is 335. The van der Waals surface area contributed by atoms with Crippen LogP contribution in [0.25, 0.3) is 0 Å². The molecule has 2 aliphatic rings. The van der Waals surface area contributed by atoms with Crippen LogP contribution in [-0.4, -0.2) is 67.0 Å². The van der Waals surface area contributed by atoms with Crippen LogP contribution < -0.4 is 5.73 Å². The molecule has 6 nitrogen and oxygen atoms in total. The molecule has 0 aromatic carbocycles. The van der Waals surface area contributed by atoms with Gasteiger partial charge in [0.05, 0.1) is 19.1 Å². The van der Waals surface area contributed by atoms with Crippen molar-refractivity contribution in [2.45, 2.75) is 19.4 Å². The number of nitrogens with zero attached hydrogens (tertiary/aromatic N) is 2. The highest BCUT2D eigenvalue weighted by Gasteiger charge is 2.34. The van der Waals surface area contributed by atoms with Crippen molar-refractivity contribution in [3.05, 3.63) is 0 Å². The first-order chi connectivity index (χ1) is 8.59. The van der Waals surface area contributed by atoms with Crippen LogP contribution in [0.3, 0.4) is 0 Å². The summed E-state index contributed by atoms with van der Waals surface area (Å²) in [7, 11) is 0. The van der Waals surface area contributed by atoms with E-state index in [1.165, 1.54) is 0 Å². The van der Waals surface area contributed by atoms with Crippen molar-refractivity contribution in [1.82, 2.24) is 9.80 Å². The van der Waals surface area contributed by atoms with Gasteiger partial charge in [-0.3, -0.25) is 9.59 Å². The highest BCUT2D eigenvalue weighted by atomic mass is 16.5. The van der Waals surface area contributed by atoms with Crippen molar-refractivity contribution < 1.29 is 14.3 Å². The van der Waals surface area contributed by atoms with Crippen LogP contribution in [0, 0.1) is 5.92 Å². The molecule has 2 saturated heterocycles. The number of amides is 2. The third kappa shape index (κ3) is 2.81. The topological polar surface area (TPSA) is 75.9 Å². The molecule has 2 atom stereocenters. The number of hydrogen-bond donors (Lipinski definition) is 1. The molecule has 2 fully saturated rings. The summed E-state index contributed by atoms with van der Waals surface area (Å²) in [5.74, 6) is -0.0653. The zero-order valence-electron chi connectivity index (χ0n) is 10.8. The predicted molar refractivity (Wildman–Crippen MR) is 65.7 cm³/mol. The lowest BCUT2D eigenvalue weighted by Gasteiger charge is -2.25. The van der Waals surface area contributed by atoms with Gasteiger partial charge in [0.25, 0.3) is 0 Å². The molecule has 0 aliphatic carbocycles. The van der Waals surface area contributed by atoms with Gasteiger partial charge in [0, 0.05) is 39.1 Å². The summed E-state index contributed by atoms with van der Waals surface area (Å²) >= 11 is 0. The Morgan fingerprint density at radius 3 is 2.39 bits per heavy atom. The van der Waals surface area contributed by atoms with E-state index in [4.69, 9.17) is 10.5 Å². The molecular weight excluding hydrogens is 234 g/mol. The van der Waals surface area contributed by atoms with Crippen LogP contribution in [0.5, 0.6) is 0 Å². The molecule has 0 spiro atoms. The maximum Gasteiger partial charge on any atom is 0.229 e. The van der Waals surface area contributed by atoms with E-state index in [9.17, 15) is 9.59 Å². The Kier molecular flexibility index (Phi) is 4.19. The number of ether oxygens (including phenoxy) is 1. The van der Waals surface area contributed by atoms with Gasteiger partial charge in [-0.15, -0.1) is 0 Å². The minimum atomic E-state index is -0.214. The molecule has 6 heteroatoms. The number of nitrogens with two attached hydrogens (primary N) is 1. The molecule has 2 rings (SSSR count). The van der Waals surface area contributed by atoms with Crippen LogP contribution in [0.4, 0.5) is 0 Å². The molecule has 2 amide bonds. The van der Waals surface area contributed by atoms with Gasteiger partial charge in [-0.1, -0.05) is 0 Å². The average Bonchev–Trinajstić information content (AvgIpc) is 2.63. The third-order valence-corrected chi connectivity index (χ3v) is 3.69. The van der Waals surface area contributed by atoms with E-state index in [-0.39, 0.29) is 23.8 Å². The quantitative estimate of drug-likeness (QED) is 0.655. The lowest BCUT2D eigenvalue weighted by Crippen LogP contribution is -2.45. The first-order valence-corrected chi connectivity index (χ1v) is 6.47. The second kappa shape index (κ2) is 5.67. The highest BCUT2D eigenvalue weighted by molar-refractivity contribution is 5.80. The first-order valence-electron chi connectivity index (χ1n) is 6.47.